The molecule has 2 nitrogen and oxygen atoms in total. The van der Waals surface area contributed by atoms with Crippen molar-refractivity contribution < 1.29 is 0 Å². The van der Waals surface area contributed by atoms with Gasteiger partial charge in [-0.3, -0.25) is 0 Å². The van der Waals surface area contributed by atoms with Gasteiger partial charge in [0.1, 0.15) is 0 Å². The van der Waals surface area contributed by atoms with Crippen molar-refractivity contribution in [3.63, 3.8) is 0 Å². The maximum Gasteiger partial charge on any atom is 0.0979 e. The number of benzene rings is 13. The summed E-state index contributed by atoms with van der Waals surface area (Å²) in [6.07, 6.45) is 0. The van der Waals surface area contributed by atoms with Gasteiger partial charge < -0.3 is 0 Å². The van der Waals surface area contributed by atoms with Crippen LogP contribution in [-0.4, -0.2) is 9.97 Å². The van der Waals surface area contributed by atoms with Crippen molar-refractivity contribution >= 4 is 54.1 Å². The van der Waals surface area contributed by atoms with E-state index in [4.69, 9.17) is 9.97 Å². The van der Waals surface area contributed by atoms with Crippen LogP contribution in [-0.2, 0) is 0 Å². The molecule has 0 aliphatic rings. The van der Waals surface area contributed by atoms with Crippen LogP contribution in [0, 0.1) is 0 Å². The van der Waals surface area contributed by atoms with Gasteiger partial charge in [-0.2, -0.15) is 0 Å². The van der Waals surface area contributed by atoms with Crippen LogP contribution in [0.25, 0.3) is 143 Å². The van der Waals surface area contributed by atoms with Crippen molar-refractivity contribution in [2.75, 3.05) is 0 Å². The Morgan fingerprint density at radius 3 is 0.784 bits per heavy atom. The minimum absolute atomic E-state index is 0.828. The van der Waals surface area contributed by atoms with E-state index >= 15 is 0 Å². The third-order valence-electron chi connectivity index (χ3n) is 14.9. The first kappa shape index (κ1) is 43.1. The second-order valence-corrected chi connectivity index (χ2v) is 19.2. The van der Waals surface area contributed by atoms with Crippen LogP contribution in [0.15, 0.2) is 279 Å². The molecule has 0 bridgehead atoms. The zero-order chi connectivity index (χ0) is 49.0. The Bertz CT molecular complexity index is 4010. The predicted octanol–water partition coefficient (Wildman–Crippen LogP) is 19.6. The van der Waals surface area contributed by atoms with Crippen LogP contribution in [0.2, 0.25) is 0 Å². The molecular formula is C72H46N2. The van der Waals surface area contributed by atoms with E-state index in [1.165, 1.54) is 76.5 Å². The fourth-order valence-corrected chi connectivity index (χ4v) is 11.2. The summed E-state index contributed by atoms with van der Waals surface area (Å²) in [6, 6.07) is 101. The van der Waals surface area contributed by atoms with Crippen molar-refractivity contribution in [3.05, 3.63) is 279 Å². The van der Waals surface area contributed by atoms with E-state index in [9.17, 15) is 0 Å². The topological polar surface area (TPSA) is 25.8 Å². The van der Waals surface area contributed by atoms with Crippen LogP contribution < -0.4 is 0 Å². The molecule has 14 aromatic rings. The summed E-state index contributed by atoms with van der Waals surface area (Å²) in [4.78, 5) is 11.7. The molecule has 14 rings (SSSR count). The van der Waals surface area contributed by atoms with E-state index in [0.29, 0.717) is 0 Å². The molecule has 2 heteroatoms. The average Bonchev–Trinajstić information content (AvgIpc) is 3.49. The molecule has 0 fully saturated rings. The second kappa shape index (κ2) is 18.1. The molecular weight excluding hydrogens is 893 g/mol. The SMILES string of the molecule is c1ccc(-c2ccc(-c3ccc(-c4ccc(-c5ccccc5)cc4)c4nc(-c5ccc(-c6c7ccccc7cc7ccccc67)cc5)c(-c5ccc(-c6c7ccccc7cc7ccccc67)cc5)nc34)cc2)cc1. The van der Waals surface area contributed by atoms with Crippen LogP contribution in [0.1, 0.15) is 0 Å². The predicted molar refractivity (Wildman–Crippen MR) is 313 cm³/mol. The Morgan fingerprint density at radius 1 is 0.189 bits per heavy atom. The quantitative estimate of drug-likeness (QED) is 0.142. The summed E-state index contributed by atoms with van der Waals surface area (Å²) in [5.74, 6) is 0. The first-order valence-corrected chi connectivity index (χ1v) is 25.4. The molecule has 344 valence electrons. The standard InChI is InChI=1S/C72H46N2/c1-3-15-47(16-4-1)49-27-31-51(32-28-49)65-43-44-66(52-33-29-50(30-34-52)48-17-5-2-6-18-48)72-71(65)73-69(55-39-35-53(36-40-55)67-61-23-11-7-19-57(61)45-58-20-8-12-24-62(58)67)70(74-72)56-41-37-54(38-42-56)68-63-25-13-9-21-59(63)46-60-22-10-14-26-64(60)68/h1-46H. The molecule has 0 aliphatic carbocycles. The van der Waals surface area contributed by atoms with Gasteiger partial charge in [-0.05, 0) is 111 Å². The van der Waals surface area contributed by atoms with E-state index in [0.717, 1.165) is 66.9 Å². The monoisotopic (exact) mass is 938 g/mol. The highest BCUT2D eigenvalue weighted by Gasteiger charge is 2.21. The van der Waals surface area contributed by atoms with Gasteiger partial charge in [0.05, 0.1) is 22.4 Å². The minimum Gasteiger partial charge on any atom is -0.243 e. The normalized spacial score (nSPS) is 11.5. The van der Waals surface area contributed by atoms with Gasteiger partial charge >= 0.3 is 0 Å². The Kier molecular flexibility index (Phi) is 10.6. The minimum atomic E-state index is 0.828. The molecule has 13 aromatic carbocycles. The highest BCUT2D eigenvalue weighted by molar-refractivity contribution is 6.14. The Hall–Kier alpha value is -9.76. The molecule has 0 radical (unpaired) electrons. The zero-order valence-electron chi connectivity index (χ0n) is 40.5. The van der Waals surface area contributed by atoms with E-state index < -0.39 is 0 Å². The lowest BCUT2D eigenvalue weighted by Gasteiger charge is -2.17. The summed E-state index contributed by atoms with van der Waals surface area (Å²) >= 11 is 0. The van der Waals surface area contributed by atoms with Crippen molar-refractivity contribution in [2.45, 2.75) is 0 Å². The van der Waals surface area contributed by atoms with E-state index in [-0.39, 0.29) is 0 Å². The van der Waals surface area contributed by atoms with Gasteiger partial charge in [-0.15, -0.1) is 0 Å². The first-order valence-electron chi connectivity index (χ1n) is 25.4. The average molecular weight is 939 g/mol. The van der Waals surface area contributed by atoms with Crippen LogP contribution in [0.3, 0.4) is 0 Å². The molecule has 0 aliphatic heterocycles. The molecule has 0 spiro atoms. The molecule has 1 heterocycles. The van der Waals surface area contributed by atoms with Crippen molar-refractivity contribution in [3.8, 4) is 89.3 Å². The zero-order valence-corrected chi connectivity index (χ0v) is 40.5. The van der Waals surface area contributed by atoms with Gasteiger partial charge in [-0.1, -0.05) is 267 Å². The lowest BCUT2D eigenvalue weighted by molar-refractivity contribution is 1.29. The first-order chi connectivity index (χ1) is 36.7. The molecule has 0 unspecified atom stereocenters. The number of nitrogens with zero attached hydrogens (tertiary/aromatic N) is 2. The van der Waals surface area contributed by atoms with Crippen LogP contribution in [0.5, 0.6) is 0 Å². The maximum atomic E-state index is 5.83. The maximum absolute atomic E-state index is 5.83. The van der Waals surface area contributed by atoms with E-state index in [2.05, 4.69) is 279 Å². The number of fused-ring (bicyclic) bond motifs is 5. The summed E-state index contributed by atoms with van der Waals surface area (Å²) in [6.45, 7) is 0. The molecule has 0 saturated carbocycles. The number of hydrogen-bond donors (Lipinski definition) is 0. The Labute approximate surface area is 430 Å². The lowest BCUT2D eigenvalue weighted by Crippen LogP contribution is -1.99. The van der Waals surface area contributed by atoms with Crippen molar-refractivity contribution in [1.82, 2.24) is 9.97 Å². The van der Waals surface area contributed by atoms with Crippen molar-refractivity contribution in [1.29, 1.82) is 0 Å². The molecule has 1 aromatic heterocycles. The molecule has 0 atom stereocenters. The van der Waals surface area contributed by atoms with Crippen LogP contribution >= 0.6 is 0 Å². The fourth-order valence-electron chi connectivity index (χ4n) is 11.2. The highest BCUT2D eigenvalue weighted by atomic mass is 14.8. The number of aromatic nitrogens is 2. The molecule has 74 heavy (non-hydrogen) atoms. The summed E-state index contributed by atoms with van der Waals surface area (Å²) < 4.78 is 0. The largest absolute Gasteiger partial charge is 0.243 e. The van der Waals surface area contributed by atoms with Crippen LogP contribution in [0.4, 0.5) is 0 Å². The number of rotatable bonds is 8. The lowest BCUT2D eigenvalue weighted by atomic mass is 9.90. The molecule has 0 N–H and O–H groups in total. The summed E-state index contributed by atoms with van der Waals surface area (Å²) in [7, 11) is 0. The Balaban J connectivity index is 0.987. The third-order valence-corrected chi connectivity index (χ3v) is 14.9. The van der Waals surface area contributed by atoms with E-state index in [1.807, 2.05) is 0 Å². The van der Waals surface area contributed by atoms with E-state index in [1.54, 1.807) is 0 Å². The van der Waals surface area contributed by atoms with Crippen molar-refractivity contribution in [2.24, 2.45) is 0 Å². The fraction of sp³-hybridized carbons (Fsp3) is 0. The van der Waals surface area contributed by atoms with Gasteiger partial charge in [-0.25, -0.2) is 9.97 Å². The van der Waals surface area contributed by atoms with Gasteiger partial charge in [0, 0.05) is 22.3 Å². The molecule has 0 saturated heterocycles. The highest BCUT2D eigenvalue weighted by Crippen LogP contribution is 2.43. The van der Waals surface area contributed by atoms with Gasteiger partial charge in [0.25, 0.3) is 0 Å². The van der Waals surface area contributed by atoms with Gasteiger partial charge in [0.15, 0.2) is 0 Å². The Morgan fingerprint density at radius 2 is 0.446 bits per heavy atom. The summed E-state index contributed by atoms with van der Waals surface area (Å²) in [5, 5.41) is 9.83. The number of hydrogen-bond acceptors (Lipinski definition) is 2. The smallest absolute Gasteiger partial charge is 0.0979 e. The van der Waals surface area contributed by atoms with Gasteiger partial charge in [0.2, 0.25) is 0 Å². The summed E-state index contributed by atoms with van der Waals surface area (Å²) in [5.41, 5.74) is 19.1. The third kappa shape index (κ3) is 7.60. The second-order valence-electron chi connectivity index (χ2n) is 19.2. The molecule has 0 amide bonds.